The van der Waals surface area contributed by atoms with Crippen LogP contribution in [0.3, 0.4) is 0 Å². The fourth-order valence-electron chi connectivity index (χ4n) is 4.41. The zero-order valence-electron chi connectivity index (χ0n) is 20.0. The minimum absolute atomic E-state index is 0.314. The SMILES string of the molecule is COc1c(Nc2cc(-n3nc(C)c(C(O)C4CC4)c3C)ncn2)nn(C)c1-c1ccc(C#N)cc1. The highest BCUT2D eigenvalue weighted by atomic mass is 16.5. The number of rotatable bonds is 7. The lowest BCUT2D eigenvalue weighted by molar-refractivity contribution is 0.152. The minimum Gasteiger partial charge on any atom is -0.491 e. The molecule has 1 unspecified atom stereocenters. The number of aryl methyl sites for hydroxylation is 2. The van der Waals surface area contributed by atoms with Crippen molar-refractivity contribution in [1.29, 1.82) is 5.26 Å². The molecular weight excluding hydrogens is 444 g/mol. The molecular formula is C25H26N8O2. The summed E-state index contributed by atoms with van der Waals surface area (Å²) in [4.78, 5) is 8.75. The second kappa shape index (κ2) is 8.85. The Bertz CT molecular complexity index is 1430. The predicted octanol–water partition coefficient (Wildman–Crippen LogP) is 3.75. The van der Waals surface area contributed by atoms with Gasteiger partial charge >= 0.3 is 0 Å². The molecule has 5 rings (SSSR count). The van der Waals surface area contributed by atoms with Crippen LogP contribution in [0.1, 0.15) is 41.5 Å². The lowest BCUT2D eigenvalue weighted by atomic mass is 10.0. The summed E-state index contributed by atoms with van der Waals surface area (Å²) in [6, 6.07) is 11.1. The molecule has 10 heteroatoms. The van der Waals surface area contributed by atoms with Gasteiger partial charge in [0.05, 0.1) is 30.5 Å². The first-order chi connectivity index (χ1) is 16.9. The Morgan fingerprint density at radius 3 is 2.57 bits per heavy atom. The number of benzene rings is 1. The van der Waals surface area contributed by atoms with Gasteiger partial charge in [-0.05, 0) is 44.7 Å². The van der Waals surface area contributed by atoms with Crippen molar-refractivity contribution in [3.05, 3.63) is 59.2 Å². The van der Waals surface area contributed by atoms with Crippen LogP contribution in [0.2, 0.25) is 0 Å². The highest BCUT2D eigenvalue weighted by Crippen LogP contribution is 2.43. The van der Waals surface area contributed by atoms with Crippen molar-refractivity contribution in [2.24, 2.45) is 13.0 Å². The maximum Gasteiger partial charge on any atom is 0.196 e. The molecule has 178 valence electrons. The number of hydrogen-bond acceptors (Lipinski definition) is 8. The third-order valence-electron chi connectivity index (χ3n) is 6.32. The summed E-state index contributed by atoms with van der Waals surface area (Å²) in [5.74, 6) is 2.47. The van der Waals surface area contributed by atoms with E-state index in [1.807, 2.05) is 33.0 Å². The largest absolute Gasteiger partial charge is 0.491 e. The number of nitriles is 1. The third kappa shape index (κ3) is 4.11. The van der Waals surface area contributed by atoms with E-state index < -0.39 is 6.10 Å². The van der Waals surface area contributed by atoms with Crippen molar-refractivity contribution in [2.45, 2.75) is 32.8 Å². The lowest BCUT2D eigenvalue weighted by Gasteiger charge is -2.11. The smallest absolute Gasteiger partial charge is 0.196 e. The summed E-state index contributed by atoms with van der Waals surface area (Å²) in [6.07, 6.45) is 3.05. The second-order valence-electron chi connectivity index (χ2n) is 8.71. The number of hydrogen-bond donors (Lipinski definition) is 2. The van der Waals surface area contributed by atoms with E-state index in [4.69, 9.17) is 10.00 Å². The summed E-state index contributed by atoms with van der Waals surface area (Å²) in [5, 5.41) is 32.2. The first-order valence-electron chi connectivity index (χ1n) is 11.4. The van der Waals surface area contributed by atoms with Crippen molar-refractivity contribution < 1.29 is 9.84 Å². The molecule has 0 aliphatic heterocycles. The van der Waals surface area contributed by atoms with Crippen LogP contribution in [0.4, 0.5) is 11.6 Å². The first kappa shape index (κ1) is 22.6. The summed E-state index contributed by atoms with van der Waals surface area (Å²) in [5.41, 5.74) is 4.76. The van der Waals surface area contributed by atoms with Crippen LogP contribution in [0, 0.1) is 31.1 Å². The zero-order valence-corrected chi connectivity index (χ0v) is 20.0. The van der Waals surface area contributed by atoms with Crippen LogP contribution in [0.5, 0.6) is 5.75 Å². The van der Waals surface area contributed by atoms with E-state index in [0.29, 0.717) is 34.7 Å². The van der Waals surface area contributed by atoms with Crippen molar-refractivity contribution in [1.82, 2.24) is 29.5 Å². The molecule has 1 saturated carbocycles. The molecule has 0 spiro atoms. The molecule has 0 radical (unpaired) electrons. The molecule has 1 aromatic carbocycles. The molecule has 3 heterocycles. The van der Waals surface area contributed by atoms with E-state index in [-0.39, 0.29) is 0 Å². The average molecular weight is 471 g/mol. The van der Waals surface area contributed by atoms with Gasteiger partial charge in [-0.2, -0.15) is 15.5 Å². The standard InChI is InChI=1S/C25H26N8O2/c1-14-21(23(34)18-9-10-18)15(2)33(30-14)20-11-19(27-13-28-20)29-25-24(35-4)22(32(3)31-25)17-7-5-16(12-26)6-8-17/h5-8,11,13,18,23,34H,9-10H2,1-4H3,(H,27,28,29,31). The maximum atomic E-state index is 10.7. The Kier molecular flexibility index (Phi) is 5.70. The summed E-state index contributed by atoms with van der Waals surface area (Å²) < 4.78 is 9.15. The molecule has 1 fully saturated rings. The van der Waals surface area contributed by atoms with Gasteiger partial charge in [-0.25, -0.2) is 14.6 Å². The fourth-order valence-corrected chi connectivity index (χ4v) is 4.41. The van der Waals surface area contributed by atoms with Gasteiger partial charge in [0.25, 0.3) is 0 Å². The highest BCUT2D eigenvalue weighted by Gasteiger charge is 2.34. The second-order valence-corrected chi connectivity index (χ2v) is 8.71. The van der Waals surface area contributed by atoms with E-state index in [1.54, 1.807) is 34.7 Å². The van der Waals surface area contributed by atoms with Gasteiger partial charge in [0.1, 0.15) is 17.8 Å². The number of nitrogens with zero attached hydrogens (tertiary/aromatic N) is 7. The molecule has 1 atom stereocenters. The number of methoxy groups -OCH3 is 1. The van der Waals surface area contributed by atoms with Crippen molar-refractivity contribution in [2.75, 3.05) is 12.4 Å². The summed E-state index contributed by atoms with van der Waals surface area (Å²) in [6.45, 7) is 3.86. The number of ether oxygens (including phenoxy) is 1. The third-order valence-corrected chi connectivity index (χ3v) is 6.32. The molecule has 0 amide bonds. The summed E-state index contributed by atoms with van der Waals surface area (Å²) in [7, 11) is 3.42. The van der Waals surface area contributed by atoms with Gasteiger partial charge in [0.15, 0.2) is 17.4 Å². The van der Waals surface area contributed by atoms with E-state index in [2.05, 4.69) is 31.6 Å². The number of aliphatic hydroxyl groups is 1. The Labute approximate surface area is 202 Å². The lowest BCUT2D eigenvalue weighted by Crippen LogP contribution is -2.06. The van der Waals surface area contributed by atoms with Crippen LogP contribution in [0.25, 0.3) is 17.1 Å². The van der Waals surface area contributed by atoms with Gasteiger partial charge < -0.3 is 15.2 Å². The van der Waals surface area contributed by atoms with Crippen molar-refractivity contribution in [3.8, 4) is 28.9 Å². The van der Waals surface area contributed by atoms with Gasteiger partial charge in [-0.3, -0.25) is 4.68 Å². The van der Waals surface area contributed by atoms with Crippen LogP contribution in [-0.2, 0) is 7.05 Å². The van der Waals surface area contributed by atoms with Gasteiger partial charge in [-0.15, -0.1) is 0 Å². The van der Waals surface area contributed by atoms with Crippen LogP contribution < -0.4 is 10.1 Å². The molecule has 3 aromatic heterocycles. The summed E-state index contributed by atoms with van der Waals surface area (Å²) >= 11 is 0. The molecule has 10 nitrogen and oxygen atoms in total. The Morgan fingerprint density at radius 2 is 1.91 bits per heavy atom. The van der Waals surface area contributed by atoms with Gasteiger partial charge in [-0.1, -0.05) is 12.1 Å². The van der Waals surface area contributed by atoms with Crippen LogP contribution in [0.15, 0.2) is 36.7 Å². The van der Waals surface area contributed by atoms with E-state index in [0.717, 1.165) is 41.1 Å². The van der Waals surface area contributed by atoms with Gasteiger partial charge in [0, 0.05) is 29.9 Å². The number of aliphatic hydroxyl groups excluding tert-OH is 1. The number of anilines is 2. The van der Waals surface area contributed by atoms with Crippen LogP contribution >= 0.6 is 0 Å². The fraction of sp³-hybridized carbons (Fsp3) is 0.320. The number of nitrogens with one attached hydrogen (secondary N) is 1. The molecule has 2 N–H and O–H groups in total. The molecule has 1 aliphatic carbocycles. The molecule has 1 aliphatic rings. The Balaban J connectivity index is 1.47. The number of aromatic nitrogens is 6. The van der Waals surface area contributed by atoms with Crippen molar-refractivity contribution in [3.63, 3.8) is 0 Å². The highest BCUT2D eigenvalue weighted by molar-refractivity contribution is 5.76. The predicted molar refractivity (Wildman–Crippen MR) is 130 cm³/mol. The zero-order chi connectivity index (χ0) is 24.7. The molecule has 0 saturated heterocycles. The van der Waals surface area contributed by atoms with E-state index in [1.165, 1.54) is 6.33 Å². The Morgan fingerprint density at radius 1 is 1.17 bits per heavy atom. The maximum absolute atomic E-state index is 10.7. The Hall–Kier alpha value is -4.23. The minimum atomic E-state index is -0.499. The van der Waals surface area contributed by atoms with E-state index >= 15 is 0 Å². The van der Waals surface area contributed by atoms with E-state index in [9.17, 15) is 5.11 Å². The first-order valence-corrected chi connectivity index (χ1v) is 11.4. The molecule has 0 bridgehead atoms. The topological polar surface area (TPSA) is 127 Å². The van der Waals surface area contributed by atoms with Crippen molar-refractivity contribution >= 4 is 11.6 Å². The quantitative estimate of drug-likeness (QED) is 0.418. The average Bonchev–Trinajstić information content (AvgIpc) is 3.61. The molecule has 35 heavy (non-hydrogen) atoms. The monoisotopic (exact) mass is 470 g/mol. The normalized spacial score (nSPS) is 13.9. The van der Waals surface area contributed by atoms with Crippen LogP contribution in [-0.4, -0.2) is 41.7 Å². The van der Waals surface area contributed by atoms with Gasteiger partial charge in [0.2, 0.25) is 0 Å². The molecule has 4 aromatic rings.